The van der Waals surface area contributed by atoms with Crippen LogP contribution in [0, 0.1) is 0 Å². The zero-order valence-corrected chi connectivity index (χ0v) is 16.7. The maximum absolute atomic E-state index is 12.9. The first-order valence-electron chi connectivity index (χ1n) is 9.64. The predicted octanol–water partition coefficient (Wildman–Crippen LogP) is 2.21. The molecule has 1 saturated heterocycles. The lowest BCUT2D eigenvalue weighted by Gasteiger charge is -2.26. The van der Waals surface area contributed by atoms with Gasteiger partial charge >= 0.3 is 5.69 Å². The number of hydrogen-bond acceptors (Lipinski definition) is 6. The average Bonchev–Trinajstić information content (AvgIpc) is 3.34. The zero-order valence-electron chi connectivity index (χ0n) is 15.8. The van der Waals surface area contributed by atoms with Crippen molar-refractivity contribution in [1.82, 2.24) is 19.7 Å². The van der Waals surface area contributed by atoms with Crippen molar-refractivity contribution < 1.29 is 14.3 Å². The molecule has 0 unspecified atom stereocenters. The Balaban J connectivity index is 1.45. The van der Waals surface area contributed by atoms with Crippen LogP contribution in [0.2, 0.25) is 0 Å². The normalized spacial score (nSPS) is 18.5. The highest BCUT2D eigenvalue weighted by Crippen LogP contribution is 2.38. The van der Waals surface area contributed by atoms with Gasteiger partial charge in [0.2, 0.25) is 5.91 Å². The Bertz CT molecular complexity index is 910. The molecule has 8 nitrogen and oxygen atoms in total. The molecule has 3 heterocycles. The highest BCUT2D eigenvalue weighted by atomic mass is 32.2. The van der Waals surface area contributed by atoms with Crippen LogP contribution in [0.15, 0.2) is 28.2 Å². The molecule has 0 bridgehead atoms. The third-order valence-electron chi connectivity index (χ3n) is 5.02. The van der Waals surface area contributed by atoms with Gasteiger partial charge in [-0.25, -0.2) is 9.89 Å². The van der Waals surface area contributed by atoms with Crippen LogP contribution in [0.4, 0.5) is 0 Å². The second kappa shape index (κ2) is 8.30. The Morgan fingerprint density at radius 2 is 2.14 bits per heavy atom. The first-order valence-corrected chi connectivity index (χ1v) is 10.6. The summed E-state index contributed by atoms with van der Waals surface area (Å²) in [4.78, 5) is 26.6. The van der Waals surface area contributed by atoms with Crippen molar-refractivity contribution in [3.63, 3.8) is 0 Å². The molecule has 0 spiro atoms. The number of thioether (sulfide) groups is 1. The summed E-state index contributed by atoms with van der Waals surface area (Å²) >= 11 is 1.31. The lowest BCUT2D eigenvalue weighted by molar-refractivity contribution is -0.129. The molecule has 0 aliphatic carbocycles. The highest BCUT2D eigenvalue weighted by molar-refractivity contribution is 7.99. The summed E-state index contributed by atoms with van der Waals surface area (Å²) in [7, 11) is 0. The molecule has 1 fully saturated rings. The van der Waals surface area contributed by atoms with Crippen LogP contribution in [0.5, 0.6) is 11.5 Å². The van der Waals surface area contributed by atoms with Crippen molar-refractivity contribution >= 4 is 17.7 Å². The molecule has 1 aromatic carbocycles. The second-order valence-corrected chi connectivity index (χ2v) is 7.84. The maximum atomic E-state index is 12.9. The van der Waals surface area contributed by atoms with E-state index in [9.17, 15) is 9.59 Å². The van der Waals surface area contributed by atoms with Gasteiger partial charge in [0.25, 0.3) is 0 Å². The first kappa shape index (κ1) is 18.9. The van der Waals surface area contributed by atoms with Gasteiger partial charge in [-0.05, 0) is 37.0 Å². The number of fused-ring (bicyclic) bond motifs is 1. The molecule has 2 aliphatic heterocycles. The Morgan fingerprint density at radius 3 is 2.96 bits per heavy atom. The standard InChI is InChI=1S/C19H24N4O4S/c1-2-7-23-18(25)20-21-19(23)28-12-17(24)22-8-3-4-14(22)13-5-6-15-16(11-13)27-10-9-26-15/h5-6,11,14H,2-4,7-10,12H2,1H3,(H,20,25)/t14-/m0/s1. The topological polar surface area (TPSA) is 89.4 Å². The van der Waals surface area contributed by atoms with Crippen molar-refractivity contribution in [1.29, 1.82) is 0 Å². The van der Waals surface area contributed by atoms with E-state index in [4.69, 9.17) is 9.47 Å². The van der Waals surface area contributed by atoms with E-state index in [1.165, 1.54) is 11.8 Å². The molecule has 0 radical (unpaired) electrons. The van der Waals surface area contributed by atoms with Crippen LogP contribution in [0.25, 0.3) is 0 Å². The molecule has 9 heteroatoms. The monoisotopic (exact) mass is 404 g/mol. The van der Waals surface area contributed by atoms with Crippen molar-refractivity contribution in [3.05, 3.63) is 34.2 Å². The molecule has 2 aliphatic rings. The minimum Gasteiger partial charge on any atom is -0.486 e. The van der Waals surface area contributed by atoms with E-state index in [0.29, 0.717) is 24.9 Å². The lowest BCUT2D eigenvalue weighted by Crippen LogP contribution is -2.32. The number of nitrogens with one attached hydrogen (secondary N) is 1. The van der Waals surface area contributed by atoms with Crippen LogP contribution in [0.1, 0.15) is 37.8 Å². The van der Waals surface area contributed by atoms with Crippen LogP contribution in [-0.2, 0) is 11.3 Å². The molecule has 1 aromatic heterocycles. The SMILES string of the molecule is CCCn1c(SCC(=O)N2CCC[C@H]2c2ccc3c(c2)OCCO3)n[nH]c1=O. The fraction of sp³-hybridized carbons (Fsp3) is 0.526. The number of aromatic nitrogens is 3. The molecule has 1 amide bonds. The average molecular weight is 404 g/mol. The lowest BCUT2D eigenvalue weighted by atomic mass is 10.0. The molecular formula is C19H24N4O4S. The summed E-state index contributed by atoms with van der Waals surface area (Å²) in [6.45, 7) is 4.44. The number of likely N-dealkylation sites (tertiary alicyclic amines) is 1. The molecule has 2 aromatic rings. The van der Waals surface area contributed by atoms with E-state index in [1.807, 2.05) is 30.0 Å². The summed E-state index contributed by atoms with van der Waals surface area (Å²) in [6.07, 6.45) is 2.73. The second-order valence-electron chi connectivity index (χ2n) is 6.90. The van der Waals surface area contributed by atoms with E-state index in [1.54, 1.807) is 4.57 Å². The largest absolute Gasteiger partial charge is 0.486 e. The number of benzene rings is 1. The van der Waals surface area contributed by atoms with Gasteiger partial charge in [0, 0.05) is 13.1 Å². The summed E-state index contributed by atoms with van der Waals surface area (Å²) in [5, 5.41) is 7.08. The van der Waals surface area contributed by atoms with Gasteiger partial charge in [-0.1, -0.05) is 24.8 Å². The fourth-order valence-electron chi connectivity index (χ4n) is 3.72. The van der Waals surface area contributed by atoms with Gasteiger partial charge in [0.05, 0.1) is 11.8 Å². The Hall–Kier alpha value is -2.42. The van der Waals surface area contributed by atoms with E-state index in [2.05, 4.69) is 10.2 Å². The quantitative estimate of drug-likeness (QED) is 0.743. The van der Waals surface area contributed by atoms with Gasteiger partial charge in [0.15, 0.2) is 16.7 Å². The molecular weight excluding hydrogens is 380 g/mol. The molecule has 28 heavy (non-hydrogen) atoms. The summed E-state index contributed by atoms with van der Waals surface area (Å²) in [5.41, 5.74) is 0.842. The predicted molar refractivity (Wildman–Crippen MR) is 105 cm³/mol. The van der Waals surface area contributed by atoms with E-state index < -0.39 is 0 Å². The van der Waals surface area contributed by atoms with Gasteiger partial charge in [-0.2, -0.15) is 0 Å². The number of ether oxygens (including phenoxy) is 2. The van der Waals surface area contributed by atoms with Crippen molar-refractivity contribution in [2.24, 2.45) is 0 Å². The number of carbonyl (C=O) groups excluding carboxylic acids is 1. The summed E-state index contributed by atoms with van der Waals surface area (Å²) < 4.78 is 12.9. The van der Waals surface area contributed by atoms with Crippen molar-refractivity contribution in [2.45, 2.75) is 43.9 Å². The van der Waals surface area contributed by atoms with Crippen molar-refractivity contribution in [2.75, 3.05) is 25.5 Å². The Kier molecular flexibility index (Phi) is 5.61. The van der Waals surface area contributed by atoms with Crippen LogP contribution < -0.4 is 15.2 Å². The van der Waals surface area contributed by atoms with Gasteiger partial charge < -0.3 is 14.4 Å². The number of carbonyl (C=O) groups is 1. The molecule has 1 atom stereocenters. The van der Waals surface area contributed by atoms with Crippen LogP contribution in [-0.4, -0.2) is 51.1 Å². The highest BCUT2D eigenvalue weighted by Gasteiger charge is 2.31. The number of nitrogens with zero attached hydrogens (tertiary/aromatic N) is 3. The van der Waals surface area contributed by atoms with E-state index >= 15 is 0 Å². The number of rotatable bonds is 6. The molecule has 0 saturated carbocycles. The third-order valence-corrected chi connectivity index (χ3v) is 5.98. The van der Waals surface area contributed by atoms with Gasteiger partial charge in [-0.3, -0.25) is 9.36 Å². The smallest absolute Gasteiger partial charge is 0.343 e. The first-order chi connectivity index (χ1) is 13.7. The van der Waals surface area contributed by atoms with Crippen LogP contribution in [0.3, 0.4) is 0 Å². The summed E-state index contributed by atoms with van der Waals surface area (Å²) in [6, 6.07) is 5.97. The zero-order chi connectivity index (χ0) is 19.5. The maximum Gasteiger partial charge on any atom is 0.343 e. The Labute approximate surface area is 167 Å². The minimum absolute atomic E-state index is 0.0425. The summed E-state index contributed by atoms with van der Waals surface area (Å²) in [5.74, 6) is 1.82. The Morgan fingerprint density at radius 1 is 1.32 bits per heavy atom. The number of hydrogen-bond donors (Lipinski definition) is 1. The molecule has 150 valence electrons. The minimum atomic E-state index is -0.230. The molecule has 4 rings (SSSR count). The van der Waals surface area contributed by atoms with Gasteiger partial charge in [0.1, 0.15) is 13.2 Å². The van der Waals surface area contributed by atoms with Crippen LogP contribution >= 0.6 is 11.8 Å². The number of aromatic amines is 1. The number of amides is 1. The fourth-order valence-corrected chi connectivity index (χ4v) is 4.58. The third kappa shape index (κ3) is 3.76. The molecule has 1 N–H and O–H groups in total. The van der Waals surface area contributed by atoms with E-state index in [0.717, 1.165) is 42.9 Å². The number of H-pyrrole nitrogens is 1. The van der Waals surface area contributed by atoms with Crippen molar-refractivity contribution in [3.8, 4) is 11.5 Å². The van der Waals surface area contributed by atoms with E-state index in [-0.39, 0.29) is 23.4 Å². The van der Waals surface area contributed by atoms with Gasteiger partial charge in [-0.15, -0.1) is 5.10 Å².